The molecule has 1 fully saturated rings. The van der Waals surface area contributed by atoms with Crippen LogP contribution in [0.25, 0.3) is 11.1 Å². The molecule has 2 N–H and O–H groups in total. The Bertz CT molecular complexity index is 1030. The van der Waals surface area contributed by atoms with Crippen LogP contribution in [0.5, 0.6) is 0 Å². The average molecular weight is 451 g/mol. The number of carboxylic acids is 1. The van der Waals surface area contributed by atoms with Crippen LogP contribution in [0.1, 0.15) is 50.7 Å². The first-order valence-corrected chi connectivity index (χ1v) is 11.4. The summed E-state index contributed by atoms with van der Waals surface area (Å²) in [5.41, 5.74) is 4.13. The van der Waals surface area contributed by atoms with Gasteiger partial charge < -0.3 is 20.1 Å². The van der Waals surface area contributed by atoms with Crippen LogP contribution < -0.4 is 5.32 Å². The zero-order chi connectivity index (χ0) is 23.8. The highest BCUT2D eigenvalue weighted by Gasteiger charge is 2.52. The number of benzene rings is 2. The first kappa shape index (κ1) is 22.8. The zero-order valence-corrected chi connectivity index (χ0v) is 19.2. The molecule has 1 heterocycles. The Morgan fingerprint density at radius 1 is 1.09 bits per heavy atom. The van der Waals surface area contributed by atoms with Crippen molar-refractivity contribution in [1.29, 1.82) is 0 Å². The zero-order valence-electron chi connectivity index (χ0n) is 19.2. The molecule has 2 aliphatic rings. The Labute approximate surface area is 193 Å². The summed E-state index contributed by atoms with van der Waals surface area (Å²) in [7, 11) is 0. The quantitative estimate of drug-likeness (QED) is 0.664. The number of alkyl carbamates (subject to hydrolysis) is 1. The van der Waals surface area contributed by atoms with Crippen molar-refractivity contribution in [3.63, 3.8) is 0 Å². The average Bonchev–Trinajstić information content (AvgIpc) is 3.09. The lowest BCUT2D eigenvalue weighted by Crippen LogP contribution is -2.67. The molecule has 0 radical (unpaired) electrons. The Kier molecular flexibility index (Phi) is 6.15. The van der Waals surface area contributed by atoms with Gasteiger partial charge in [-0.15, -0.1) is 0 Å². The molecule has 1 aliphatic heterocycles. The highest BCUT2D eigenvalue weighted by molar-refractivity contribution is 5.87. The number of aliphatic carboxylic acids is 1. The van der Waals surface area contributed by atoms with E-state index in [9.17, 15) is 19.5 Å². The second-order valence-electron chi connectivity index (χ2n) is 9.53. The maximum Gasteiger partial charge on any atom is 0.407 e. The van der Waals surface area contributed by atoms with Gasteiger partial charge >= 0.3 is 12.1 Å². The van der Waals surface area contributed by atoms with Crippen LogP contribution in [0.2, 0.25) is 0 Å². The molecule has 7 nitrogen and oxygen atoms in total. The molecule has 0 spiro atoms. The van der Waals surface area contributed by atoms with E-state index in [4.69, 9.17) is 4.74 Å². The molecule has 1 aliphatic carbocycles. The lowest BCUT2D eigenvalue weighted by molar-refractivity contribution is -0.172. The fourth-order valence-corrected chi connectivity index (χ4v) is 5.06. The van der Waals surface area contributed by atoms with Crippen LogP contribution in [0, 0.1) is 5.41 Å². The van der Waals surface area contributed by atoms with Gasteiger partial charge in [0.1, 0.15) is 12.6 Å². The first-order valence-electron chi connectivity index (χ1n) is 11.4. The van der Waals surface area contributed by atoms with Crippen LogP contribution in [-0.2, 0) is 14.3 Å². The van der Waals surface area contributed by atoms with Crippen molar-refractivity contribution < 1.29 is 24.2 Å². The molecule has 0 bridgehead atoms. The number of rotatable bonds is 7. The van der Waals surface area contributed by atoms with Crippen molar-refractivity contribution in [3.8, 4) is 11.1 Å². The van der Waals surface area contributed by atoms with Gasteiger partial charge in [-0.1, -0.05) is 69.3 Å². The number of amides is 2. The predicted molar refractivity (Wildman–Crippen MR) is 124 cm³/mol. The number of hydrogen-bond acceptors (Lipinski definition) is 4. The van der Waals surface area contributed by atoms with Gasteiger partial charge in [0.25, 0.3) is 0 Å². The fourth-order valence-electron chi connectivity index (χ4n) is 5.06. The molecule has 0 aromatic heterocycles. The van der Waals surface area contributed by atoms with Gasteiger partial charge in [0.05, 0.1) is 0 Å². The molecule has 2 amide bonds. The minimum atomic E-state index is -1.00. The smallest absolute Gasteiger partial charge is 0.407 e. The lowest BCUT2D eigenvalue weighted by Gasteiger charge is -2.51. The Morgan fingerprint density at radius 2 is 1.67 bits per heavy atom. The highest BCUT2D eigenvalue weighted by atomic mass is 16.5. The number of carbonyl (C=O) groups is 3. The molecule has 2 aromatic rings. The van der Waals surface area contributed by atoms with Gasteiger partial charge in [-0.2, -0.15) is 0 Å². The molecule has 174 valence electrons. The minimum Gasteiger partial charge on any atom is -0.480 e. The molecule has 2 aromatic carbocycles. The fraction of sp³-hybridized carbons (Fsp3) is 0.423. The van der Waals surface area contributed by atoms with E-state index < -0.39 is 29.6 Å². The normalized spacial score (nSPS) is 19.1. The molecule has 4 rings (SSSR count). The molecule has 0 saturated carbocycles. The summed E-state index contributed by atoms with van der Waals surface area (Å²) in [6.45, 7) is 6.13. The Hall–Kier alpha value is -3.35. The third-order valence-electron chi connectivity index (χ3n) is 6.76. The van der Waals surface area contributed by atoms with Crippen LogP contribution in [0.4, 0.5) is 4.79 Å². The second-order valence-corrected chi connectivity index (χ2v) is 9.53. The Balaban J connectivity index is 1.35. The van der Waals surface area contributed by atoms with E-state index in [1.807, 2.05) is 45.0 Å². The Morgan fingerprint density at radius 3 is 2.18 bits per heavy atom. The van der Waals surface area contributed by atoms with Crippen LogP contribution in [0.3, 0.4) is 0 Å². The maximum atomic E-state index is 12.7. The number of carbonyl (C=O) groups excluding carboxylic acids is 2. The van der Waals surface area contributed by atoms with Crippen molar-refractivity contribution in [3.05, 3.63) is 59.7 Å². The van der Waals surface area contributed by atoms with Gasteiger partial charge in [-0.3, -0.25) is 4.79 Å². The highest BCUT2D eigenvalue weighted by Crippen LogP contribution is 2.44. The molecular weight excluding hydrogens is 420 g/mol. The summed E-state index contributed by atoms with van der Waals surface area (Å²) in [6, 6.07) is 15.0. The molecule has 2 unspecified atom stereocenters. The number of nitrogens with one attached hydrogen (secondary N) is 1. The number of hydrogen-bond donors (Lipinski definition) is 2. The third kappa shape index (κ3) is 4.32. The second kappa shape index (κ2) is 8.89. The monoisotopic (exact) mass is 450 g/mol. The number of carboxylic acid groups (broad SMARTS) is 1. The van der Waals surface area contributed by atoms with E-state index in [2.05, 4.69) is 29.6 Å². The van der Waals surface area contributed by atoms with Gasteiger partial charge in [0.2, 0.25) is 5.91 Å². The molecule has 2 atom stereocenters. The molecule has 7 heteroatoms. The molecule has 1 saturated heterocycles. The SMILES string of the molecule is CCC(CC(=O)N1CC(C)(C)C1C(=O)O)NC(=O)OCC1c2ccccc2-c2ccccc21. The maximum absolute atomic E-state index is 12.7. The standard InChI is InChI=1S/C26H30N2O5/c1-4-16(13-22(29)28-15-26(2,3)23(28)24(30)31)27-25(32)33-14-21-19-11-7-5-9-17(19)18-10-6-8-12-20(18)21/h5-12,16,21,23H,4,13-15H2,1-3H3,(H,27,32)(H,30,31). The van der Waals surface area contributed by atoms with Crippen LogP contribution in [0.15, 0.2) is 48.5 Å². The van der Waals surface area contributed by atoms with E-state index >= 15 is 0 Å². The summed E-state index contributed by atoms with van der Waals surface area (Å²) in [5, 5.41) is 12.2. The van der Waals surface area contributed by atoms with Crippen LogP contribution >= 0.6 is 0 Å². The van der Waals surface area contributed by atoms with Gasteiger partial charge in [0.15, 0.2) is 0 Å². The van der Waals surface area contributed by atoms with Gasteiger partial charge in [-0.05, 0) is 28.7 Å². The molecule has 33 heavy (non-hydrogen) atoms. The summed E-state index contributed by atoms with van der Waals surface area (Å²) >= 11 is 0. The lowest BCUT2D eigenvalue weighted by atomic mass is 9.74. The number of ether oxygens (including phenoxy) is 1. The summed E-state index contributed by atoms with van der Waals surface area (Å²) in [4.78, 5) is 38.2. The third-order valence-corrected chi connectivity index (χ3v) is 6.76. The van der Waals surface area contributed by atoms with Gasteiger partial charge in [0, 0.05) is 30.3 Å². The van der Waals surface area contributed by atoms with E-state index in [1.165, 1.54) is 4.90 Å². The van der Waals surface area contributed by atoms with E-state index in [1.54, 1.807) is 0 Å². The first-order chi connectivity index (χ1) is 15.7. The van der Waals surface area contributed by atoms with Crippen molar-refractivity contribution in [2.45, 2.75) is 51.6 Å². The van der Waals surface area contributed by atoms with Crippen molar-refractivity contribution in [1.82, 2.24) is 10.2 Å². The van der Waals surface area contributed by atoms with Crippen molar-refractivity contribution >= 4 is 18.0 Å². The van der Waals surface area contributed by atoms with Crippen molar-refractivity contribution in [2.24, 2.45) is 5.41 Å². The predicted octanol–water partition coefficient (Wildman–Crippen LogP) is 4.02. The number of nitrogens with zero attached hydrogens (tertiary/aromatic N) is 1. The van der Waals surface area contributed by atoms with Gasteiger partial charge in [-0.25, -0.2) is 9.59 Å². The van der Waals surface area contributed by atoms with E-state index in [-0.39, 0.29) is 24.9 Å². The van der Waals surface area contributed by atoms with E-state index in [0.29, 0.717) is 13.0 Å². The van der Waals surface area contributed by atoms with Crippen molar-refractivity contribution in [2.75, 3.05) is 13.2 Å². The number of fused-ring (bicyclic) bond motifs is 3. The topological polar surface area (TPSA) is 95.9 Å². The van der Waals surface area contributed by atoms with E-state index in [0.717, 1.165) is 22.3 Å². The summed E-state index contributed by atoms with van der Waals surface area (Å²) in [5.74, 6) is -1.31. The number of likely N-dealkylation sites (tertiary alicyclic amines) is 1. The molecular formula is C26H30N2O5. The summed E-state index contributed by atoms with van der Waals surface area (Å²) < 4.78 is 5.58. The summed E-state index contributed by atoms with van der Waals surface area (Å²) in [6.07, 6.45) is 0.00101. The minimum absolute atomic E-state index is 0.0375. The van der Waals surface area contributed by atoms with Crippen LogP contribution in [-0.4, -0.2) is 53.2 Å². The largest absolute Gasteiger partial charge is 0.480 e.